The number of hydrogen-bond donors (Lipinski definition) is 2. The van der Waals surface area contributed by atoms with Crippen LogP contribution in [0.1, 0.15) is 18.4 Å². The monoisotopic (exact) mass is 332 g/mol. The van der Waals surface area contributed by atoms with Crippen LogP contribution < -0.4 is 10.6 Å². The van der Waals surface area contributed by atoms with E-state index in [2.05, 4.69) is 30.6 Å². The zero-order valence-corrected chi connectivity index (χ0v) is 13.9. The average Bonchev–Trinajstić information content (AvgIpc) is 3.47. The highest BCUT2D eigenvalue weighted by Gasteiger charge is 2.22. The first-order valence-corrected chi connectivity index (χ1v) is 8.56. The molecule has 126 valence electrons. The van der Waals surface area contributed by atoms with Crippen LogP contribution in [0, 0.1) is 0 Å². The molecule has 0 amide bonds. The molecule has 0 aromatic carbocycles. The van der Waals surface area contributed by atoms with Gasteiger partial charge in [0, 0.05) is 37.2 Å². The van der Waals surface area contributed by atoms with Gasteiger partial charge in [-0.2, -0.15) is 4.98 Å². The fourth-order valence-corrected chi connectivity index (χ4v) is 2.54. The fourth-order valence-electron chi connectivity index (χ4n) is 2.54. The molecule has 4 rings (SSSR count). The number of hydrogen-bond acceptors (Lipinski definition) is 6. The van der Waals surface area contributed by atoms with Crippen LogP contribution in [0.15, 0.2) is 55.0 Å². The number of rotatable bonds is 7. The van der Waals surface area contributed by atoms with E-state index in [4.69, 9.17) is 0 Å². The molecule has 6 heteroatoms. The summed E-state index contributed by atoms with van der Waals surface area (Å²) in [7, 11) is 0. The predicted molar refractivity (Wildman–Crippen MR) is 98.3 cm³/mol. The Morgan fingerprint density at radius 1 is 0.960 bits per heavy atom. The quantitative estimate of drug-likeness (QED) is 0.692. The maximum atomic E-state index is 4.62. The van der Waals surface area contributed by atoms with Crippen molar-refractivity contribution in [3.8, 4) is 11.4 Å². The second-order valence-electron chi connectivity index (χ2n) is 6.13. The third-order valence-corrected chi connectivity index (χ3v) is 4.03. The smallest absolute Gasteiger partial charge is 0.225 e. The summed E-state index contributed by atoms with van der Waals surface area (Å²) in [4.78, 5) is 17.7. The number of aromatic nitrogens is 4. The van der Waals surface area contributed by atoms with E-state index in [1.54, 1.807) is 6.20 Å². The van der Waals surface area contributed by atoms with Crippen molar-refractivity contribution in [2.45, 2.75) is 25.3 Å². The number of nitrogens with zero attached hydrogens (tertiary/aromatic N) is 4. The van der Waals surface area contributed by atoms with Gasteiger partial charge in [0.1, 0.15) is 5.82 Å². The van der Waals surface area contributed by atoms with Crippen molar-refractivity contribution in [3.05, 3.63) is 60.6 Å². The van der Waals surface area contributed by atoms with Crippen LogP contribution in [0.2, 0.25) is 0 Å². The molecule has 25 heavy (non-hydrogen) atoms. The van der Waals surface area contributed by atoms with Crippen molar-refractivity contribution in [2.75, 3.05) is 17.2 Å². The molecular weight excluding hydrogens is 312 g/mol. The maximum Gasteiger partial charge on any atom is 0.225 e. The van der Waals surface area contributed by atoms with Crippen LogP contribution >= 0.6 is 0 Å². The lowest BCUT2D eigenvalue weighted by molar-refractivity contribution is 0.987. The topological polar surface area (TPSA) is 75.6 Å². The molecule has 0 radical (unpaired) electrons. The van der Waals surface area contributed by atoms with E-state index in [1.807, 2.05) is 48.8 Å². The van der Waals surface area contributed by atoms with Crippen LogP contribution in [0.4, 0.5) is 11.8 Å². The number of pyridine rings is 2. The van der Waals surface area contributed by atoms with E-state index in [9.17, 15) is 0 Å². The van der Waals surface area contributed by atoms with Gasteiger partial charge < -0.3 is 10.6 Å². The van der Waals surface area contributed by atoms with E-state index >= 15 is 0 Å². The molecule has 0 aliphatic heterocycles. The van der Waals surface area contributed by atoms with Gasteiger partial charge >= 0.3 is 0 Å². The SMILES string of the molecule is c1ccc(-c2cc(NCCc3ccncc3)nc(NC3CC3)n2)nc1. The summed E-state index contributed by atoms with van der Waals surface area (Å²) in [6.07, 6.45) is 8.69. The summed E-state index contributed by atoms with van der Waals surface area (Å²) in [6, 6.07) is 12.3. The van der Waals surface area contributed by atoms with Crippen molar-refractivity contribution in [3.63, 3.8) is 0 Å². The highest BCUT2D eigenvalue weighted by Crippen LogP contribution is 2.25. The molecule has 1 aliphatic carbocycles. The molecule has 1 fully saturated rings. The number of nitrogens with one attached hydrogen (secondary N) is 2. The lowest BCUT2D eigenvalue weighted by Crippen LogP contribution is -2.11. The highest BCUT2D eigenvalue weighted by atomic mass is 15.2. The van der Waals surface area contributed by atoms with Gasteiger partial charge in [-0.25, -0.2) is 4.98 Å². The zero-order chi connectivity index (χ0) is 16.9. The van der Waals surface area contributed by atoms with Gasteiger partial charge in [-0.1, -0.05) is 6.07 Å². The van der Waals surface area contributed by atoms with Gasteiger partial charge in [0.2, 0.25) is 5.95 Å². The molecule has 0 bridgehead atoms. The molecular formula is C19H20N6. The van der Waals surface area contributed by atoms with Gasteiger partial charge in [0.05, 0.1) is 11.4 Å². The molecule has 2 N–H and O–H groups in total. The molecule has 0 unspecified atom stereocenters. The molecule has 0 saturated heterocycles. The molecule has 1 saturated carbocycles. The summed E-state index contributed by atoms with van der Waals surface area (Å²) < 4.78 is 0. The normalized spacial score (nSPS) is 13.4. The van der Waals surface area contributed by atoms with E-state index in [0.29, 0.717) is 12.0 Å². The minimum atomic E-state index is 0.503. The Labute approximate surface area is 146 Å². The lowest BCUT2D eigenvalue weighted by atomic mass is 10.2. The second-order valence-corrected chi connectivity index (χ2v) is 6.13. The molecule has 3 aromatic rings. The van der Waals surface area contributed by atoms with Crippen molar-refractivity contribution in [2.24, 2.45) is 0 Å². The van der Waals surface area contributed by atoms with Gasteiger partial charge in [-0.3, -0.25) is 9.97 Å². The summed E-state index contributed by atoms with van der Waals surface area (Å²) in [5.41, 5.74) is 2.92. The van der Waals surface area contributed by atoms with Crippen LogP contribution in [0.25, 0.3) is 11.4 Å². The molecule has 6 nitrogen and oxygen atoms in total. The third kappa shape index (κ3) is 4.29. The maximum absolute atomic E-state index is 4.62. The zero-order valence-electron chi connectivity index (χ0n) is 13.9. The Hall–Kier alpha value is -3.02. The first kappa shape index (κ1) is 15.5. The van der Waals surface area contributed by atoms with E-state index in [0.717, 1.165) is 30.2 Å². The highest BCUT2D eigenvalue weighted by molar-refractivity contribution is 5.61. The van der Waals surface area contributed by atoms with Gasteiger partial charge in [-0.15, -0.1) is 0 Å². The van der Waals surface area contributed by atoms with E-state index in [1.165, 1.54) is 18.4 Å². The minimum absolute atomic E-state index is 0.503. The van der Waals surface area contributed by atoms with Crippen LogP contribution in [-0.2, 0) is 6.42 Å². The molecule has 3 heterocycles. The summed E-state index contributed by atoms with van der Waals surface area (Å²) >= 11 is 0. The van der Waals surface area contributed by atoms with Crippen molar-refractivity contribution < 1.29 is 0 Å². The Morgan fingerprint density at radius 2 is 1.84 bits per heavy atom. The van der Waals surface area contributed by atoms with Crippen LogP contribution in [0.5, 0.6) is 0 Å². The van der Waals surface area contributed by atoms with Crippen molar-refractivity contribution in [1.82, 2.24) is 19.9 Å². The molecule has 0 atom stereocenters. The summed E-state index contributed by atoms with van der Waals surface area (Å²) in [5.74, 6) is 1.48. The second kappa shape index (κ2) is 7.25. The average molecular weight is 332 g/mol. The van der Waals surface area contributed by atoms with Gasteiger partial charge in [-0.05, 0) is 49.1 Å². The Bertz CT molecular complexity index is 818. The third-order valence-electron chi connectivity index (χ3n) is 4.03. The van der Waals surface area contributed by atoms with Crippen LogP contribution in [0.3, 0.4) is 0 Å². The lowest BCUT2D eigenvalue weighted by Gasteiger charge is -2.11. The summed E-state index contributed by atoms with van der Waals surface area (Å²) in [6.45, 7) is 0.797. The Balaban J connectivity index is 1.51. The standard InChI is InChI=1S/C19H20N6/c1-2-9-21-16(3-1)17-13-18(25-19(24-17)23-15-4-5-15)22-12-8-14-6-10-20-11-7-14/h1-3,6-7,9-11,13,15H,4-5,8,12H2,(H2,22,23,24,25). The fraction of sp³-hybridized carbons (Fsp3) is 0.263. The summed E-state index contributed by atoms with van der Waals surface area (Å²) in [5, 5.41) is 6.77. The Kier molecular flexibility index (Phi) is 4.50. The Morgan fingerprint density at radius 3 is 2.60 bits per heavy atom. The molecule has 1 aliphatic rings. The largest absolute Gasteiger partial charge is 0.370 e. The van der Waals surface area contributed by atoms with Gasteiger partial charge in [0.15, 0.2) is 0 Å². The van der Waals surface area contributed by atoms with Crippen LogP contribution in [-0.4, -0.2) is 32.5 Å². The van der Waals surface area contributed by atoms with Crippen molar-refractivity contribution >= 4 is 11.8 Å². The first-order valence-electron chi connectivity index (χ1n) is 8.56. The molecule has 0 spiro atoms. The minimum Gasteiger partial charge on any atom is -0.370 e. The van der Waals surface area contributed by atoms with E-state index < -0.39 is 0 Å². The van der Waals surface area contributed by atoms with E-state index in [-0.39, 0.29) is 0 Å². The van der Waals surface area contributed by atoms with Crippen molar-refractivity contribution in [1.29, 1.82) is 0 Å². The first-order chi connectivity index (χ1) is 12.4. The van der Waals surface area contributed by atoms with Gasteiger partial charge in [0.25, 0.3) is 0 Å². The number of anilines is 2. The molecule has 3 aromatic heterocycles. The predicted octanol–water partition coefficient (Wildman–Crippen LogP) is 3.16.